The van der Waals surface area contributed by atoms with Crippen LogP contribution in [0.5, 0.6) is 5.75 Å². The lowest BCUT2D eigenvalue weighted by Crippen LogP contribution is -2.27. The lowest BCUT2D eigenvalue weighted by Gasteiger charge is -2.08. The second-order valence-electron chi connectivity index (χ2n) is 5.52. The van der Waals surface area contributed by atoms with Gasteiger partial charge in [-0.3, -0.25) is 14.5 Å². The molecule has 1 fully saturated rings. The van der Waals surface area contributed by atoms with Crippen molar-refractivity contribution in [1.82, 2.24) is 4.90 Å². The Hall–Kier alpha value is -1.95. The van der Waals surface area contributed by atoms with E-state index in [0.717, 1.165) is 22.9 Å². The molecule has 0 aromatic heterocycles. The van der Waals surface area contributed by atoms with Crippen LogP contribution in [0.3, 0.4) is 0 Å². The number of amides is 2. The number of hydrogen-bond acceptors (Lipinski definition) is 4. The molecule has 0 saturated carbocycles. The molecule has 0 atom stereocenters. The average molecular weight is 408 g/mol. The van der Waals surface area contributed by atoms with Gasteiger partial charge in [0.1, 0.15) is 12.4 Å². The van der Waals surface area contributed by atoms with Gasteiger partial charge in [0.25, 0.3) is 11.1 Å². The summed E-state index contributed by atoms with van der Waals surface area (Å²) in [5.41, 5.74) is 1.66. The number of benzene rings is 2. The van der Waals surface area contributed by atoms with Crippen molar-refractivity contribution < 1.29 is 14.3 Å². The van der Waals surface area contributed by atoms with Gasteiger partial charge in [0.05, 0.1) is 4.91 Å². The molecule has 1 saturated heterocycles. The Balaban J connectivity index is 1.66. The Morgan fingerprint density at radius 3 is 2.46 bits per heavy atom. The van der Waals surface area contributed by atoms with Crippen LogP contribution in [0.4, 0.5) is 4.79 Å². The molecule has 0 bridgehead atoms. The molecule has 0 spiro atoms. The number of nitrogens with zero attached hydrogens (tertiary/aromatic N) is 1. The van der Waals surface area contributed by atoms with E-state index in [4.69, 9.17) is 27.9 Å². The predicted octanol–water partition coefficient (Wildman–Crippen LogP) is 5.63. The Kier molecular flexibility index (Phi) is 5.91. The van der Waals surface area contributed by atoms with Gasteiger partial charge in [-0.15, -0.1) is 0 Å². The van der Waals surface area contributed by atoms with Crippen LogP contribution in [0.1, 0.15) is 18.1 Å². The molecular formula is C19H15Cl2NO3S. The van der Waals surface area contributed by atoms with Crippen LogP contribution >= 0.6 is 35.0 Å². The minimum atomic E-state index is -0.250. The van der Waals surface area contributed by atoms with Gasteiger partial charge < -0.3 is 4.74 Å². The lowest BCUT2D eigenvalue weighted by molar-refractivity contribution is -0.122. The first-order chi connectivity index (χ1) is 12.5. The van der Waals surface area contributed by atoms with Crippen LogP contribution < -0.4 is 4.74 Å². The Morgan fingerprint density at radius 2 is 1.85 bits per heavy atom. The third kappa shape index (κ3) is 4.23. The quantitative estimate of drug-likeness (QED) is 0.602. The van der Waals surface area contributed by atoms with Crippen LogP contribution in [0.15, 0.2) is 47.4 Å². The maximum Gasteiger partial charge on any atom is 0.293 e. The fraction of sp³-hybridized carbons (Fsp3) is 0.158. The molecule has 3 rings (SSSR count). The molecule has 4 nitrogen and oxygen atoms in total. The van der Waals surface area contributed by atoms with Crippen molar-refractivity contribution in [2.24, 2.45) is 0 Å². The Labute approximate surface area is 165 Å². The van der Waals surface area contributed by atoms with Crippen LogP contribution in [0.25, 0.3) is 6.08 Å². The second kappa shape index (κ2) is 8.16. The summed E-state index contributed by atoms with van der Waals surface area (Å²) in [6, 6.07) is 12.5. The zero-order valence-corrected chi connectivity index (χ0v) is 16.2. The highest BCUT2D eigenvalue weighted by Gasteiger charge is 2.33. The number of likely N-dealkylation sites (N-methyl/N-ethyl adjacent to an activating group) is 1. The predicted molar refractivity (Wildman–Crippen MR) is 106 cm³/mol. The molecule has 1 aliphatic heterocycles. The monoisotopic (exact) mass is 407 g/mol. The van der Waals surface area contributed by atoms with E-state index in [-0.39, 0.29) is 11.1 Å². The first-order valence-electron chi connectivity index (χ1n) is 7.90. The lowest BCUT2D eigenvalue weighted by atomic mass is 10.2. The highest BCUT2D eigenvalue weighted by molar-refractivity contribution is 8.18. The molecule has 0 N–H and O–H groups in total. The summed E-state index contributed by atoms with van der Waals surface area (Å²) in [7, 11) is 0. The molecule has 134 valence electrons. The van der Waals surface area contributed by atoms with Gasteiger partial charge in [0, 0.05) is 22.2 Å². The fourth-order valence-electron chi connectivity index (χ4n) is 2.38. The van der Waals surface area contributed by atoms with Gasteiger partial charge in [-0.2, -0.15) is 0 Å². The van der Waals surface area contributed by atoms with Gasteiger partial charge in [-0.1, -0.05) is 41.4 Å². The molecule has 2 aromatic carbocycles. The normalized spacial score (nSPS) is 15.8. The number of rotatable bonds is 5. The summed E-state index contributed by atoms with van der Waals surface area (Å²) in [5, 5.41) is 0.903. The zero-order valence-electron chi connectivity index (χ0n) is 13.9. The molecule has 26 heavy (non-hydrogen) atoms. The largest absolute Gasteiger partial charge is 0.489 e. The highest BCUT2D eigenvalue weighted by atomic mass is 35.5. The van der Waals surface area contributed by atoms with Crippen molar-refractivity contribution in [3.8, 4) is 5.75 Å². The van der Waals surface area contributed by atoms with E-state index in [9.17, 15) is 9.59 Å². The van der Waals surface area contributed by atoms with Crippen LogP contribution in [-0.2, 0) is 11.4 Å². The molecule has 0 aliphatic carbocycles. The van der Waals surface area contributed by atoms with Crippen molar-refractivity contribution in [1.29, 1.82) is 0 Å². The van der Waals surface area contributed by atoms with Gasteiger partial charge in [-0.25, -0.2) is 0 Å². The van der Waals surface area contributed by atoms with Gasteiger partial charge in [-0.05, 0) is 54.6 Å². The topological polar surface area (TPSA) is 46.6 Å². The smallest absolute Gasteiger partial charge is 0.293 e. The minimum absolute atomic E-state index is 0.233. The highest BCUT2D eigenvalue weighted by Crippen LogP contribution is 2.32. The van der Waals surface area contributed by atoms with E-state index in [0.29, 0.717) is 33.9 Å². The van der Waals surface area contributed by atoms with E-state index in [2.05, 4.69) is 0 Å². The SMILES string of the molecule is CCN1C(=O)S/C(=C/c2ccc(OCc3ccc(Cl)cc3Cl)cc2)C1=O. The summed E-state index contributed by atoms with van der Waals surface area (Å²) >= 11 is 13.0. The van der Waals surface area contributed by atoms with Crippen LogP contribution in [-0.4, -0.2) is 22.6 Å². The maximum absolute atomic E-state index is 12.1. The summed E-state index contributed by atoms with van der Waals surface area (Å²) in [6.07, 6.45) is 1.71. The number of carbonyl (C=O) groups is 2. The molecule has 1 heterocycles. The number of imide groups is 1. The third-order valence-electron chi connectivity index (χ3n) is 3.78. The van der Waals surface area contributed by atoms with Crippen molar-refractivity contribution >= 4 is 52.2 Å². The minimum Gasteiger partial charge on any atom is -0.489 e. The zero-order chi connectivity index (χ0) is 18.7. The number of halogens is 2. The fourth-order valence-corrected chi connectivity index (χ4v) is 3.75. The van der Waals surface area contributed by atoms with Crippen molar-refractivity contribution in [2.45, 2.75) is 13.5 Å². The van der Waals surface area contributed by atoms with E-state index in [1.165, 1.54) is 4.90 Å². The van der Waals surface area contributed by atoms with E-state index in [1.54, 1.807) is 37.3 Å². The summed E-state index contributed by atoms with van der Waals surface area (Å²) < 4.78 is 5.73. The summed E-state index contributed by atoms with van der Waals surface area (Å²) in [5.74, 6) is 0.426. The average Bonchev–Trinajstić information content (AvgIpc) is 2.88. The molecule has 2 aromatic rings. The first kappa shape index (κ1) is 18.8. The summed E-state index contributed by atoms with van der Waals surface area (Å²) in [6.45, 7) is 2.48. The number of hydrogen-bond donors (Lipinski definition) is 0. The van der Waals surface area contributed by atoms with Crippen molar-refractivity contribution in [3.05, 3.63) is 68.5 Å². The van der Waals surface area contributed by atoms with E-state index in [1.807, 2.05) is 18.2 Å². The van der Waals surface area contributed by atoms with Gasteiger partial charge in [0.15, 0.2) is 0 Å². The molecule has 1 aliphatic rings. The second-order valence-corrected chi connectivity index (χ2v) is 7.36. The van der Waals surface area contributed by atoms with Crippen molar-refractivity contribution in [3.63, 3.8) is 0 Å². The number of ether oxygens (including phenoxy) is 1. The van der Waals surface area contributed by atoms with E-state index < -0.39 is 0 Å². The molecule has 0 radical (unpaired) electrons. The van der Waals surface area contributed by atoms with Crippen molar-refractivity contribution in [2.75, 3.05) is 6.54 Å². The molecule has 0 unspecified atom stereocenters. The standard InChI is InChI=1S/C19H15Cl2NO3S/c1-2-22-18(23)17(26-19(22)24)9-12-3-7-15(8-4-12)25-11-13-5-6-14(20)10-16(13)21/h3-10H,2,11H2,1H3/b17-9+. The van der Waals surface area contributed by atoms with Crippen LogP contribution in [0, 0.1) is 0 Å². The maximum atomic E-state index is 12.1. The summed E-state index contributed by atoms with van der Waals surface area (Å²) in [4.78, 5) is 25.5. The third-order valence-corrected chi connectivity index (χ3v) is 5.27. The van der Waals surface area contributed by atoms with Crippen LogP contribution in [0.2, 0.25) is 10.0 Å². The number of carbonyl (C=O) groups excluding carboxylic acids is 2. The first-order valence-corrected chi connectivity index (χ1v) is 9.47. The van der Waals surface area contributed by atoms with E-state index >= 15 is 0 Å². The molecule has 7 heteroatoms. The Bertz CT molecular complexity index is 881. The Morgan fingerprint density at radius 1 is 1.12 bits per heavy atom. The molecular weight excluding hydrogens is 393 g/mol. The molecule has 2 amide bonds. The number of thioether (sulfide) groups is 1. The van der Waals surface area contributed by atoms with Gasteiger partial charge in [0.2, 0.25) is 0 Å². The van der Waals surface area contributed by atoms with Gasteiger partial charge >= 0.3 is 0 Å².